The fourth-order valence-electron chi connectivity index (χ4n) is 2.58. The lowest BCUT2D eigenvalue weighted by molar-refractivity contribution is 0.166. The lowest BCUT2D eigenvalue weighted by atomic mass is 9.96. The largest absolute Gasteiger partial charge is 0.368 e. The maximum atomic E-state index is 8.40. The van der Waals surface area contributed by atoms with Crippen molar-refractivity contribution in [3.63, 3.8) is 0 Å². The number of aromatic nitrogens is 1. The van der Waals surface area contributed by atoms with Crippen LogP contribution in [0.2, 0.25) is 0 Å². The van der Waals surface area contributed by atoms with Gasteiger partial charge in [-0.05, 0) is 31.0 Å². The number of rotatable bonds is 5. The fourth-order valence-corrected chi connectivity index (χ4v) is 2.58. The van der Waals surface area contributed by atoms with E-state index in [1.54, 1.807) is 0 Å². The number of nitrogens with zero attached hydrogens (tertiary/aromatic N) is 3. The first-order chi connectivity index (χ1) is 10.4. The minimum Gasteiger partial charge on any atom is -0.368 e. The van der Waals surface area contributed by atoms with Gasteiger partial charge in [0.25, 0.3) is 0 Å². The molecule has 0 aliphatic carbocycles. The minimum absolute atomic E-state index is 0.410. The van der Waals surface area contributed by atoms with E-state index in [4.69, 9.17) is 10.00 Å². The number of pyridine rings is 1. The van der Waals surface area contributed by atoms with Crippen LogP contribution in [-0.2, 0) is 4.74 Å². The standard InChI is InChI=1S/C17H21N3O/c18-9-6-14-21-13-4-3-12-20-11-2-1-8-17(20)16-7-5-10-19-15-16/h5,7,10,15,17H,1-2,6,8,11-14H2/t17-/m0/s1. The smallest absolute Gasteiger partial charge is 0.107 e. The molecule has 1 aromatic rings. The molecule has 0 saturated carbocycles. The molecular weight excluding hydrogens is 262 g/mol. The highest BCUT2D eigenvalue weighted by molar-refractivity contribution is 5.16. The molecule has 4 nitrogen and oxygen atoms in total. The van der Waals surface area contributed by atoms with Crippen LogP contribution in [0.3, 0.4) is 0 Å². The van der Waals surface area contributed by atoms with Gasteiger partial charge in [-0.15, -0.1) is 0 Å². The Labute approximate surface area is 126 Å². The van der Waals surface area contributed by atoms with Gasteiger partial charge in [-0.25, -0.2) is 0 Å². The van der Waals surface area contributed by atoms with Gasteiger partial charge in [0.05, 0.1) is 25.6 Å². The van der Waals surface area contributed by atoms with Crippen LogP contribution in [0.1, 0.15) is 37.3 Å². The Morgan fingerprint density at radius 3 is 3.14 bits per heavy atom. The Balaban J connectivity index is 1.83. The van der Waals surface area contributed by atoms with Crippen LogP contribution in [0.4, 0.5) is 0 Å². The Hall–Kier alpha value is -1.88. The summed E-state index contributed by atoms with van der Waals surface area (Å²) in [5.41, 5.74) is 1.28. The van der Waals surface area contributed by atoms with Gasteiger partial charge in [0.1, 0.15) is 6.61 Å². The Morgan fingerprint density at radius 1 is 1.38 bits per heavy atom. The van der Waals surface area contributed by atoms with Gasteiger partial charge >= 0.3 is 0 Å². The number of hydrogen-bond donors (Lipinski definition) is 0. The number of nitriles is 1. The Kier molecular flexibility index (Phi) is 6.74. The SMILES string of the molecule is N#CCCOCC#CCN1CCCC[C@H]1c1cccnc1. The van der Waals surface area contributed by atoms with Crippen LogP contribution in [0.5, 0.6) is 0 Å². The summed E-state index contributed by atoms with van der Waals surface area (Å²) in [5, 5.41) is 8.40. The number of hydrogen-bond acceptors (Lipinski definition) is 4. The van der Waals surface area contributed by atoms with E-state index in [-0.39, 0.29) is 0 Å². The first-order valence-corrected chi connectivity index (χ1v) is 7.46. The van der Waals surface area contributed by atoms with E-state index in [2.05, 4.69) is 27.8 Å². The van der Waals surface area contributed by atoms with Crippen LogP contribution in [0.15, 0.2) is 24.5 Å². The fraction of sp³-hybridized carbons (Fsp3) is 0.529. The summed E-state index contributed by atoms with van der Waals surface area (Å²) in [6, 6.07) is 6.62. The zero-order chi connectivity index (χ0) is 14.8. The molecule has 110 valence electrons. The summed E-state index contributed by atoms with van der Waals surface area (Å²) < 4.78 is 5.25. The number of ether oxygens (including phenoxy) is 1. The van der Waals surface area contributed by atoms with E-state index in [1.807, 2.05) is 24.5 Å². The quantitative estimate of drug-likeness (QED) is 0.615. The molecule has 1 aliphatic heterocycles. The summed E-state index contributed by atoms with van der Waals surface area (Å²) >= 11 is 0. The normalized spacial score (nSPS) is 18.5. The van der Waals surface area contributed by atoms with Crippen molar-refractivity contribution in [2.75, 3.05) is 26.3 Å². The highest BCUT2D eigenvalue weighted by Gasteiger charge is 2.22. The van der Waals surface area contributed by atoms with Crippen LogP contribution in [0.25, 0.3) is 0 Å². The summed E-state index contributed by atoms with van der Waals surface area (Å²) in [7, 11) is 0. The molecule has 1 aliphatic rings. The molecule has 4 heteroatoms. The lowest BCUT2D eigenvalue weighted by Crippen LogP contribution is -2.33. The highest BCUT2D eigenvalue weighted by Crippen LogP contribution is 2.29. The maximum absolute atomic E-state index is 8.40. The number of piperidine rings is 1. The molecule has 1 saturated heterocycles. The molecule has 0 amide bonds. The van der Waals surface area contributed by atoms with Crippen molar-refractivity contribution in [1.82, 2.24) is 9.88 Å². The lowest BCUT2D eigenvalue weighted by Gasteiger charge is -2.34. The molecule has 0 aromatic carbocycles. The van der Waals surface area contributed by atoms with E-state index in [0.717, 1.165) is 13.1 Å². The second-order valence-corrected chi connectivity index (χ2v) is 5.08. The van der Waals surface area contributed by atoms with Crippen LogP contribution in [-0.4, -0.2) is 36.2 Å². The zero-order valence-corrected chi connectivity index (χ0v) is 12.3. The van der Waals surface area contributed by atoms with Gasteiger partial charge in [-0.1, -0.05) is 24.3 Å². The molecule has 2 rings (SSSR count). The van der Waals surface area contributed by atoms with Gasteiger partial charge in [0.15, 0.2) is 0 Å². The summed E-state index contributed by atoms with van der Waals surface area (Å²) in [6.45, 7) is 2.73. The highest BCUT2D eigenvalue weighted by atomic mass is 16.5. The first kappa shape index (κ1) is 15.5. The minimum atomic E-state index is 0.410. The van der Waals surface area contributed by atoms with Crippen molar-refractivity contribution >= 4 is 0 Å². The third kappa shape index (κ3) is 5.19. The third-order valence-corrected chi connectivity index (χ3v) is 3.62. The van der Waals surface area contributed by atoms with Crippen molar-refractivity contribution in [2.24, 2.45) is 0 Å². The third-order valence-electron chi connectivity index (χ3n) is 3.62. The molecule has 0 spiro atoms. The topological polar surface area (TPSA) is 49.1 Å². The second-order valence-electron chi connectivity index (χ2n) is 5.08. The average molecular weight is 283 g/mol. The molecule has 21 heavy (non-hydrogen) atoms. The van der Waals surface area contributed by atoms with E-state index >= 15 is 0 Å². The van der Waals surface area contributed by atoms with Crippen molar-refractivity contribution in [3.05, 3.63) is 30.1 Å². The Bertz CT molecular complexity index is 512. The van der Waals surface area contributed by atoms with Gasteiger partial charge in [0.2, 0.25) is 0 Å². The molecule has 0 N–H and O–H groups in total. The Morgan fingerprint density at radius 2 is 2.33 bits per heavy atom. The van der Waals surface area contributed by atoms with Gasteiger partial charge < -0.3 is 4.74 Å². The van der Waals surface area contributed by atoms with E-state index in [9.17, 15) is 0 Å². The molecule has 2 heterocycles. The number of likely N-dealkylation sites (tertiary alicyclic amines) is 1. The van der Waals surface area contributed by atoms with E-state index in [1.165, 1.54) is 24.8 Å². The van der Waals surface area contributed by atoms with Crippen molar-refractivity contribution < 1.29 is 4.74 Å². The van der Waals surface area contributed by atoms with Gasteiger partial charge in [-0.3, -0.25) is 9.88 Å². The van der Waals surface area contributed by atoms with Gasteiger partial charge in [0, 0.05) is 18.4 Å². The monoisotopic (exact) mass is 283 g/mol. The van der Waals surface area contributed by atoms with Crippen LogP contribution < -0.4 is 0 Å². The second kappa shape index (κ2) is 9.13. The molecule has 1 fully saturated rings. The first-order valence-electron chi connectivity index (χ1n) is 7.46. The van der Waals surface area contributed by atoms with Crippen LogP contribution >= 0.6 is 0 Å². The average Bonchev–Trinajstić information content (AvgIpc) is 2.55. The van der Waals surface area contributed by atoms with Gasteiger partial charge in [-0.2, -0.15) is 5.26 Å². The molecule has 1 aromatic heterocycles. The van der Waals surface area contributed by atoms with Crippen LogP contribution in [0, 0.1) is 23.2 Å². The molecule has 0 bridgehead atoms. The summed E-state index contributed by atoms with van der Waals surface area (Å²) in [6.07, 6.45) is 7.87. The summed E-state index contributed by atoms with van der Waals surface area (Å²) in [5.74, 6) is 6.20. The molecule has 1 atom stereocenters. The predicted octanol–water partition coefficient (Wildman–Crippen LogP) is 2.54. The predicted molar refractivity (Wildman–Crippen MR) is 81.2 cm³/mol. The molecule has 0 unspecified atom stereocenters. The van der Waals surface area contributed by atoms with Crippen molar-refractivity contribution in [3.8, 4) is 17.9 Å². The zero-order valence-electron chi connectivity index (χ0n) is 12.3. The summed E-state index contributed by atoms with van der Waals surface area (Å²) in [4.78, 5) is 6.64. The molecular formula is C17H21N3O. The van der Waals surface area contributed by atoms with Crippen molar-refractivity contribution in [1.29, 1.82) is 5.26 Å². The van der Waals surface area contributed by atoms with E-state index in [0.29, 0.717) is 25.7 Å². The maximum Gasteiger partial charge on any atom is 0.107 e. The van der Waals surface area contributed by atoms with E-state index < -0.39 is 0 Å². The van der Waals surface area contributed by atoms with Crippen molar-refractivity contribution in [2.45, 2.75) is 31.7 Å². The molecule has 0 radical (unpaired) electrons.